The van der Waals surface area contributed by atoms with Crippen LogP contribution in [0.2, 0.25) is 0 Å². The molecule has 2 nitrogen and oxygen atoms in total. The minimum Gasteiger partial charge on any atom is -0.316 e. The Morgan fingerprint density at radius 2 is 2.42 bits per heavy atom. The van der Waals surface area contributed by atoms with Gasteiger partial charge in [0.15, 0.2) is 0 Å². The number of hydrogen-bond donors (Lipinski definition) is 1. The maximum atomic E-state index is 8.28. The number of allylic oxidation sites excluding steroid dienone is 1. The van der Waals surface area contributed by atoms with Gasteiger partial charge in [-0.05, 0) is 25.3 Å². The van der Waals surface area contributed by atoms with Gasteiger partial charge < -0.3 is 5.32 Å². The molecule has 1 heterocycles. The molecule has 3 heteroatoms. The van der Waals surface area contributed by atoms with Crippen molar-refractivity contribution in [1.82, 2.24) is 5.32 Å². The van der Waals surface area contributed by atoms with E-state index in [-0.39, 0.29) is 12.4 Å². The van der Waals surface area contributed by atoms with Gasteiger partial charge in [0, 0.05) is 6.54 Å². The molecule has 1 N–H and O–H groups in total. The molecule has 68 valence electrons. The van der Waals surface area contributed by atoms with E-state index >= 15 is 0 Å². The zero-order valence-electron chi connectivity index (χ0n) is 7.12. The van der Waals surface area contributed by atoms with Crippen LogP contribution in [0.25, 0.3) is 0 Å². The second kappa shape index (κ2) is 7.15. The topological polar surface area (TPSA) is 35.8 Å². The van der Waals surface area contributed by atoms with Crippen molar-refractivity contribution in [2.45, 2.75) is 19.3 Å². The SMILES string of the molecule is Cl.N#CC/C=C/C1CCCNC1. The normalized spacial score (nSPS) is 23.1. The Morgan fingerprint density at radius 3 is 3.00 bits per heavy atom. The fourth-order valence-corrected chi connectivity index (χ4v) is 1.36. The van der Waals surface area contributed by atoms with Crippen LogP contribution in [0.3, 0.4) is 0 Å². The zero-order valence-corrected chi connectivity index (χ0v) is 7.94. The lowest BCUT2D eigenvalue weighted by molar-refractivity contribution is 0.438. The molecule has 1 atom stereocenters. The number of nitrogens with one attached hydrogen (secondary N) is 1. The third-order valence-electron chi connectivity index (χ3n) is 1.95. The van der Waals surface area contributed by atoms with Crippen molar-refractivity contribution >= 4 is 12.4 Å². The number of hydrogen-bond acceptors (Lipinski definition) is 2. The minimum atomic E-state index is 0. The van der Waals surface area contributed by atoms with Crippen molar-refractivity contribution in [2.75, 3.05) is 13.1 Å². The van der Waals surface area contributed by atoms with Crippen LogP contribution in [0.1, 0.15) is 19.3 Å². The smallest absolute Gasteiger partial charge is 0.0663 e. The summed E-state index contributed by atoms with van der Waals surface area (Å²) in [4.78, 5) is 0. The van der Waals surface area contributed by atoms with Gasteiger partial charge in [0.05, 0.1) is 12.5 Å². The third-order valence-corrected chi connectivity index (χ3v) is 1.95. The fourth-order valence-electron chi connectivity index (χ4n) is 1.36. The molecule has 1 rings (SSSR count). The van der Waals surface area contributed by atoms with E-state index in [1.54, 1.807) is 0 Å². The average molecular weight is 187 g/mol. The van der Waals surface area contributed by atoms with Gasteiger partial charge >= 0.3 is 0 Å². The lowest BCUT2D eigenvalue weighted by atomic mass is 9.99. The summed E-state index contributed by atoms with van der Waals surface area (Å²) in [5.74, 6) is 0.664. The maximum Gasteiger partial charge on any atom is 0.0663 e. The molecule has 0 saturated carbocycles. The van der Waals surface area contributed by atoms with Crippen LogP contribution in [0, 0.1) is 17.2 Å². The van der Waals surface area contributed by atoms with Crippen molar-refractivity contribution in [3.05, 3.63) is 12.2 Å². The molecule has 0 spiro atoms. The Hall–Kier alpha value is -0.520. The first-order valence-corrected chi connectivity index (χ1v) is 4.18. The first-order chi connectivity index (χ1) is 5.43. The van der Waals surface area contributed by atoms with Crippen LogP contribution in [-0.2, 0) is 0 Å². The van der Waals surface area contributed by atoms with Gasteiger partial charge in [-0.15, -0.1) is 12.4 Å². The highest BCUT2D eigenvalue weighted by Crippen LogP contribution is 2.10. The van der Waals surface area contributed by atoms with Gasteiger partial charge in [0.2, 0.25) is 0 Å². The second-order valence-corrected chi connectivity index (χ2v) is 2.90. The maximum absolute atomic E-state index is 8.28. The second-order valence-electron chi connectivity index (χ2n) is 2.90. The predicted octanol–water partition coefficient (Wildman–Crippen LogP) is 1.88. The van der Waals surface area contributed by atoms with Crippen LogP contribution in [-0.4, -0.2) is 13.1 Å². The number of nitrogens with zero attached hydrogens (tertiary/aromatic N) is 1. The van der Waals surface area contributed by atoms with E-state index in [1.165, 1.54) is 12.8 Å². The molecule has 1 saturated heterocycles. The zero-order chi connectivity index (χ0) is 7.94. The molecule has 1 aliphatic rings. The number of piperidine rings is 1. The van der Waals surface area contributed by atoms with E-state index in [0.717, 1.165) is 13.1 Å². The lowest BCUT2D eigenvalue weighted by Gasteiger charge is -2.19. The Morgan fingerprint density at radius 1 is 1.58 bits per heavy atom. The molecular formula is C9H15ClN2. The number of rotatable bonds is 2. The van der Waals surface area contributed by atoms with Gasteiger partial charge in [0.1, 0.15) is 0 Å². The Bertz CT molecular complexity index is 166. The van der Waals surface area contributed by atoms with E-state index in [9.17, 15) is 0 Å². The average Bonchev–Trinajstić information content (AvgIpc) is 2.07. The van der Waals surface area contributed by atoms with Crippen LogP contribution < -0.4 is 5.32 Å². The van der Waals surface area contributed by atoms with Crippen molar-refractivity contribution < 1.29 is 0 Å². The van der Waals surface area contributed by atoms with Crippen LogP contribution in [0.5, 0.6) is 0 Å². The molecule has 12 heavy (non-hydrogen) atoms. The molecule has 0 radical (unpaired) electrons. The summed E-state index contributed by atoms with van der Waals surface area (Å²) in [5, 5.41) is 11.6. The summed E-state index contributed by atoms with van der Waals surface area (Å²) in [6.07, 6.45) is 7.22. The third kappa shape index (κ3) is 4.38. The van der Waals surface area contributed by atoms with Crippen molar-refractivity contribution in [2.24, 2.45) is 5.92 Å². The number of halogens is 1. The summed E-state index contributed by atoms with van der Waals surface area (Å²) in [7, 11) is 0. The summed E-state index contributed by atoms with van der Waals surface area (Å²) < 4.78 is 0. The Labute approximate surface area is 80.1 Å². The van der Waals surface area contributed by atoms with E-state index < -0.39 is 0 Å². The van der Waals surface area contributed by atoms with Crippen molar-refractivity contribution in [3.8, 4) is 6.07 Å². The fraction of sp³-hybridized carbons (Fsp3) is 0.667. The first-order valence-electron chi connectivity index (χ1n) is 4.18. The molecule has 0 aromatic heterocycles. The summed E-state index contributed by atoms with van der Waals surface area (Å²) in [5.41, 5.74) is 0. The van der Waals surface area contributed by atoms with E-state index in [2.05, 4.69) is 17.5 Å². The van der Waals surface area contributed by atoms with E-state index in [4.69, 9.17) is 5.26 Å². The highest BCUT2D eigenvalue weighted by molar-refractivity contribution is 5.85. The molecule has 1 unspecified atom stereocenters. The van der Waals surface area contributed by atoms with E-state index in [0.29, 0.717) is 12.3 Å². The Balaban J connectivity index is 0.00000121. The van der Waals surface area contributed by atoms with Gasteiger partial charge in [-0.3, -0.25) is 0 Å². The molecular weight excluding hydrogens is 172 g/mol. The van der Waals surface area contributed by atoms with E-state index in [1.807, 2.05) is 6.08 Å². The predicted molar refractivity (Wildman–Crippen MR) is 52.2 cm³/mol. The van der Waals surface area contributed by atoms with Crippen LogP contribution in [0.15, 0.2) is 12.2 Å². The van der Waals surface area contributed by atoms with Gasteiger partial charge in [-0.2, -0.15) is 5.26 Å². The number of nitriles is 1. The molecule has 0 aromatic rings. The molecule has 1 fully saturated rings. The molecule has 0 bridgehead atoms. The largest absolute Gasteiger partial charge is 0.316 e. The first kappa shape index (κ1) is 11.5. The van der Waals surface area contributed by atoms with Gasteiger partial charge in [-0.25, -0.2) is 0 Å². The van der Waals surface area contributed by atoms with Crippen LogP contribution >= 0.6 is 12.4 Å². The van der Waals surface area contributed by atoms with Gasteiger partial charge in [0.25, 0.3) is 0 Å². The molecule has 0 amide bonds. The van der Waals surface area contributed by atoms with Crippen molar-refractivity contribution in [1.29, 1.82) is 5.26 Å². The summed E-state index contributed by atoms with van der Waals surface area (Å²) in [6.45, 7) is 2.24. The highest BCUT2D eigenvalue weighted by Gasteiger charge is 2.08. The van der Waals surface area contributed by atoms with Crippen LogP contribution in [0.4, 0.5) is 0 Å². The lowest BCUT2D eigenvalue weighted by Crippen LogP contribution is -2.28. The Kier molecular flexibility index (Phi) is 6.84. The van der Waals surface area contributed by atoms with Gasteiger partial charge in [-0.1, -0.05) is 12.2 Å². The molecule has 0 aliphatic carbocycles. The summed E-state index contributed by atoms with van der Waals surface area (Å²) >= 11 is 0. The molecule has 1 aliphatic heterocycles. The highest BCUT2D eigenvalue weighted by atomic mass is 35.5. The summed E-state index contributed by atoms with van der Waals surface area (Å²) in [6, 6.07) is 2.10. The molecule has 0 aromatic carbocycles. The monoisotopic (exact) mass is 186 g/mol. The standard InChI is InChI=1S/C9H14N2.ClH/c10-6-2-1-4-9-5-3-7-11-8-9;/h1,4,9,11H,2-3,5,7-8H2;1H/b4-1+;. The van der Waals surface area contributed by atoms with Crippen molar-refractivity contribution in [3.63, 3.8) is 0 Å². The minimum absolute atomic E-state index is 0. The quantitative estimate of drug-likeness (QED) is 0.669.